The zero-order valence-electron chi connectivity index (χ0n) is 17.2. The van der Waals surface area contributed by atoms with Gasteiger partial charge in [0.1, 0.15) is 11.6 Å². The van der Waals surface area contributed by atoms with Crippen LogP contribution in [0.4, 0.5) is 4.39 Å². The SMILES string of the molecule is COc1ccc(C)cc1-n1cc(C(=O)NS(=O)(=O)Cc2ccc(C)c(F)c2)ccc1=O. The Labute approximate surface area is 179 Å². The molecule has 0 aliphatic rings. The maximum absolute atomic E-state index is 13.7. The Kier molecular flexibility index (Phi) is 6.26. The van der Waals surface area contributed by atoms with Crippen LogP contribution in [0.15, 0.2) is 59.5 Å². The summed E-state index contributed by atoms with van der Waals surface area (Å²) >= 11 is 0. The molecule has 7 nitrogen and oxygen atoms in total. The number of sulfonamides is 1. The van der Waals surface area contributed by atoms with Crippen LogP contribution in [0.3, 0.4) is 0 Å². The van der Waals surface area contributed by atoms with E-state index in [1.807, 2.05) is 17.7 Å². The van der Waals surface area contributed by atoms with E-state index < -0.39 is 33.1 Å². The number of hydrogen-bond acceptors (Lipinski definition) is 5. The third-order valence-electron chi connectivity index (χ3n) is 4.61. The van der Waals surface area contributed by atoms with Crippen molar-refractivity contribution >= 4 is 15.9 Å². The maximum atomic E-state index is 13.7. The number of carbonyl (C=O) groups excluding carboxylic acids is 1. The zero-order chi connectivity index (χ0) is 22.8. The van der Waals surface area contributed by atoms with Crippen LogP contribution >= 0.6 is 0 Å². The van der Waals surface area contributed by atoms with Crippen molar-refractivity contribution in [2.75, 3.05) is 7.11 Å². The summed E-state index contributed by atoms with van der Waals surface area (Å²) < 4.78 is 47.0. The quantitative estimate of drug-likeness (QED) is 0.631. The van der Waals surface area contributed by atoms with Gasteiger partial charge in [-0.25, -0.2) is 17.5 Å². The lowest BCUT2D eigenvalue weighted by atomic mass is 10.2. The van der Waals surface area contributed by atoms with Crippen molar-refractivity contribution in [3.8, 4) is 11.4 Å². The highest BCUT2D eigenvalue weighted by Crippen LogP contribution is 2.23. The van der Waals surface area contributed by atoms with Gasteiger partial charge in [-0.3, -0.25) is 14.2 Å². The van der Waals surface area contributed by atoms with Gasteiger partial charge in [-0.1, -0.05) is 18.2 Å². The van der Waals surface area contributed by atoms with Gasteiger partial charge >= 0.3 is 0 Å². The molecule has 162 valence electrons. The van der Waals surface area contributed by atoms with Crippen LogP contribution in [-0.4, -0.2) is 26.0 Å². The first kappa shape index (κ1) is 22.2. The van der Waals surface area contributed by atoms with Crippen LogP contribution in [0, 0.1) is 19.7 Å². The maximum Gasteiger partial charge on any atom is 0.266 e. The van der Waals surface area contributed by atoms with E-state index in [2.05, 4.69) is 0 Å². The summed E-state index contributed by atoms with van der Waals surface area (Å²) in [7, 11) is -2.64. The molecule has 9 heteroatoms. The summed E-state index contributed by atoms with van der Waals surface area (Å²) in [4.78, 5) is 25.0. The number of benzene rings is 2. The van der Waals surface area contributed by atoms with E-state index in [1.54, 1.807) is 19.1 Å². The van der Waals surface area contributed by atoms with Crippen LogP contribution in [0.25, 0.3) is 5.69 Å². The van der Waals surface area contributed by atoms with Crippen LogP contribution < -0.4 is 15.0 Å². The number of amides is 1. The predicted octanol–water partition coefficient (Wildman–Crippen LogP) is 2.86. The Morgan fingerprint density at radius 1 is 1.10 bits per heavy atom. The molecule has 0 aliphatic carbocycles. The van der Waals surface area contributed by atoms with Gasteiger partial charge in [-0.15, -0.1) is 0 Å². The first-order chi connectivity index (χ1) is 14.6. The second-order valence-electron chi connectivity index (χ2n) is 7.08. The number of nitrogens with zero attached hydrogens (tertiary/aromatic N) is 1. The third kappa shape index (κ3) is 5.18. The summed E-state index contributed by atoms with van der Waals surface area (Å²) in [6.45, 7) is 3.40. The first-order valence-electron chi connectivity index (χ1n) is 9.27. The largest absolute Gasteiger partial charge is 0.495 e. The molecule has 0 saturated carbocycles. The van der Waals surface area contributed by atoms with Gasteiger partial charge in [0.2, 0.25) is 10.0 Å². The molecular weight excluding hydrogens is 423 g/mol. The number of methoxy groups -OCH3 is 1. The second-order valence-corrected chi connectivity index (χ2v) is 8.80. The average Bonchev–Trinajstić information content (AvgIpc) is 2.70. The van der Waals surface area contributed by atoms with Crippen LogP contribution in [0.2, 0.25) is 0 Å². The summed E-state index contributed by atoms with van der Waals surface area (Å²) in [6, 6.07) is 11.7. The third-order valence-corrected chi connectivity index (χ3v) is 5.82. The molecule has 0 bridgehead atoms. The lowest BCUT2D eigenvalue weighted by Crippen LogP contribution is -2.32. The van der Waals surface area contributed by atoms with Crippen molar-refractivity contribution in [3.63, 3.8) is 0 Å². The van der Waals surface area contributed by atoms with Crippen LogP contribution in [0.1, 0.15) is 27.0 Å². The van der Waals surface area contributed by atoms with E-state index >= 15 is 0 Å². The fraction of sp³-hybridized carbons (Fsp3) is 0.182. The molecule has 3 aromatic rings. The van der Waals surface area contributed by atoms with E-state index in [9.17, 15) is 22.4 Å². The number of ether oxygens (including phenoxy) is 1. The van der Waals surface area contributed by atoms with Crippen molar-refractivity contribution in [2.45, 2.75) is 19.6 Å². The van der Waals surface area contributed by atoms with E-state index in [0.717, 1.165) is 11.6 Å². The normalized spacial score (nSPS) is 11.2. The van der Waals surface area contributed by atoms with Gasteiger partial charge in [0.25, 0.3) is 11.5 Å². The molecule has 0 spiro atoms. The summed E-state index contributed by atoms with van der Waals surface area (Å²) in [5.41, 5.74) is 1.42. The van der Waals surface area contributed by atoms with Gasteiger partial charge in [0, 0.05) is 12.3 Å². The highest BCUT2D eigenvalue weighted by atomic mass is 32.2. The minimum atomic E-state index is -4.10. The molecule has 1 amide bonds. The topological polar surface area (TPSA) is 94.5 Å². The summed E-state index contributed by atoms with van der Waals surface area (Å²) in [5.74, 6) is -1.59. The van der Waals surface area contributed by atoms with E-state index in [-0.39, 0.29) is 11.1 Å². The Hall–Kier alpha value is -3.46. The minimum Gasteiger partial charge on any atom is -0.495 e. The summed E-state index contributed by atoms with van der Waals surface area (Å²) in [5, 5.41) is 0. The lowest BCUT2D eigenvalue weighted by Gasteiger charge is -2.13. The molecule has 0 fully saturated rings. The number of carbonyl (C=O) groups is 1. The minimum absolute atomic E-state index is 0.0400. The number of rotatable bonds is 6. The van der Waals surface area contributed by atoms with Gasteiger partial charge in [0.15, 0.2) is 0 Å². The van der Waals surface area contributed by atoms with Crippen molar-refractivity contribution in [2.24, 2.45) is 0 Å². The number of aromatic nitrogens is 1. The Balaban J connectivity index is 1.89. The summed E-state index contributed by atoms with van der Waals surface area (Å²) in [6.07, 6.45) is 1.25. The number of aryl methyl sites for hydroxylation is 2. The second kappa shape index (κ2) is 8.73. The standard InChI is InChI=1S/C22H21FN2O5S/c1-14-4-8-20(30-3)19(10-14)25-12-17(7-9-21(25)26)22(27)24-31(28,29)13-16-6-5-15(2)18(23)11-16/h4-12H,13H2,1-3H3,(H,24,27). The molecular formula is C22H21FN2O5S. The van der Waals surface area contributed by atoms with Gasteiger partial charge in [-0.2, -0.15) is 0 Å². The highest BCUT2D eigenvalue weighted by molar-refractivity contribution is 7.89. The number of nitrogens with one attached hydrogen (secondary N) is 1. The molecule has 0 atom stereocenters. The average molecular weight is 444 g/mol. The van der Waals surface area contributed by atoms with E-state index in [0.29, 0.717) is 17.0 Å². The molecule has 1 heterocycles. The van der Waals surface area contributed by atoms with Crippen molar-refractivity contribution in [1.29, 1.82) is 0 Å². The molecule has 3 rings (SSSR count). The van der Waals surface area contributed by atoms with Gasteiger partial charge in [0.05, 0.1) is 24.1 Å². The van der Waals surface area contributed by atoms with Crippen LogP contribution in [0.5, 0.6) is 5.75 Å². The van der Waals surface area contributed by atoms with Gasteiger partial charge in [-0.05, 0) is 54.8 Å². The fourth-order valence-corrected chi connectivity index (χ4v) is 4.07. The molecule has 0 radical (unpaired) electrons. The highest BCUT2D eigenvalue weighted by Gasteiger charge is 2.19. The Morgan fingerprint density at radius 3 is 2.52 bits per heavy atom. The monoisotopic (exact) mass is 444 g/mol. The van der Waals surface area contributed by atoms with E-state index in [1.165, 1.54) is 42.1 Å². The van der Waals surface area contributed by atoms with Crippen molar-refractivity contribution in [3.05, 3.63) is 93.2 Å². The van der Waals surface area contributed by atoms with E-state index in [4.69, 9.17) is 4.74 Å². The molecule has 1 aromatic heterocycles. The zero-order valence-corrected chi connectivity index (χ0v) is 18.0. The number of halogens is 1. The molecule has 0 aliphatic heterocycles. The lowest BCUT2D eigenvalue weighted by molar-refractivity contribution is 0.0980. The molecule has 0 unspecified atom stereocenters. The van der Waals surface area contributed by atoms with Crippen LogP contribution in [-0.2, 0) is 15.8 Å². The molecule has 1 N–H and O–H groups in total. The fourth-order valence-electron chi connectivity index (χ4n) is 2.98. The number of pyridine rings is 1. The van der Waals surface area contributed by atoms with Crippen molar-refractivity contribution in [1.82, 2.24) is 9.29 Å². The van der Waals surface area contributed by atoms with Gasteiger partial charge < -0.3 is 4.74 Å². The molecule has 2 aromatic carbocycles. The Morgan fingerprint density at radius 2 is 1.84 bits per heavy atom. The molecule has 31 heavy (non-hydrogen) atoms. The predicted molar refractivity (Wildman–Crippen MR) is 115 cm³/mol. The van der Waals surface area contributed by atoms with Crippen molar-refractivity contribution < 1.29 is 22.3 Å². The Bertz CT molecular complexity index is 1320. The number of hydrogen-bond donors (Lipinski definition) is 1. The smallest absolute Gasteiger partial charge is 0.266 e. The molecule has 0 saturated heterocycles. The first-order valence-corrected chi connectivity index (χ1v) is 10.9.